The van der Waals surface area contributed by atoms with E-state index in [-0.39, 0.29) is 17.5 Å². The molecule has 1 unspecified atom stereocenters. The molecule has 13 heteroatoms. The third kappa shape index (κ3) is 5.53. The molecule has 33 heavy (non-hydrogen) atoms. The van der Waals surface area contributed by atoms with Crippen molar-refractivity contribution in [2.75, 3.05) is 0 Å². The Bertz CT molecular complexity index is 1070. The molecule has 0 fully saturated rings. The molecule has 0 aliphatic carbocycles. The fourth-order valence-corrected chi connectivity index (χ4v) is 5.22. The lowest BCUT2D eigenvalue weighted by Gasteiger charge is -2.44. The molecular formula is C20H19Cl2F3NO6Si-. The van der Waals surface area contributed by atoms with Crippen molar-refractivity contribution in [1.82, 2.24) is 0 Å². The average molecular weight is 525 g/mol. The molecule has 2 rings (SSSR count). The molecule has 0 bridgehead atoms. The first-order valence-corrected chi connectivity index (χ1v) is 11.6. The predicted molar refractivity (Wildman–Crippen MR) is 117 cm³/mol. The van der Waals surface area contributed by atoms with Crippen LogP contribution in [-0.4, -0.2) is 26.7 Å². The van der Waals surface area contributed by atoms with Gasteiger partial charge in [0.05, 0.1) is 26.5 Å². The topological polar surface area (TPSA) is 102 Å². The van der Waals surface area contributed by atoms with Gasteiger partial charge in [0.1, 0.15) is 5.75 Å². The first-order valence-electron chi connectivity index (χ1n) is 9.46. The van der Waals surface area contributed by atoms with E-state index in [1.165, 1.54) is 0 Å². The number of hydrogen-bond donors (Lipinski definition) is 0. The van der Waals surface area contributed by atoms with Crippen LogP contribution in [0.25, 0.3) is 0 Å². The van der Waals surface area contributed by atoms with E-state index in [1.54, 1.807) is 20.8 Å². The molecule has 0 amide bonds. The molecule has 2 aromatic rings. The van der Waals surface area contributed by atoms with E-state index in [2.05, 4.69) is 0 Å². The Morgan fingerprint density at radius 3 is 2.06 bits per heavy atom. The number of hydrogen-bond acceptors (Lipinski definition) is 6. The van der Waals surface area contributed by atoms with Crippen LogP contribution in [0.4, 0.5) is 18.9 Å². The molecule has 0 saturated heterocycles. The van der Waals surface area contributed by atoms with Gasteiger partial charge in [0, 0.05) is 27.8 Å². The van der Waals surface area contributed by atoms with Crippen molar-refractivity contribution in [3.63, 3.8) is 0 Å². The van der Waals surface area contributed by atoms with Crippen molar-refractivity contribution in [1.29, 1.82) is 0 Å². The summed E-state index contributed by atoms with van der Waals surface area (Å²) < 4.78 is 50.0. The van der Waals surface area contributed by atoms with Gasteiger partial charge in [0.2, 0.25) is 5.75 Å². The Morgan fingerprint density at radius 1 is 1.12 bits per heavy atom. The molecule has 1 atom stereocenters. The smallest absolute Gasteiger partial charge is 0.416 e. The maximum Gasteiger partial charge on any atom is 0.416 e. The summed E-state index contributed by atoms with van der Waals surface area (Å²) in [5, 5.41) is 22.6. The minimum Gasteiger partial charge on any atom is -0.546 e. The van der Waals surface area contributed by atoms with Gasteiger partial charge < -0.3 is 19.4 Å². The number of nitro benzene ring substituents is 1. The molecule has 0 N–H and O–H groups in total. The number of benzene rings is 2. The molecule has 2 aromatic carbocycles. The van der Waals surface area contributed by atoms with Crippen molar-refractivity contribution in [3.05, 3.63) is 56.1 Å². The van der Waals surface area contributed by atoms with Gasteiger partial charge in [-0.05, 0) is 24.2 Å². The van der Waals surface area contributed by atoms with Gasteiger partial charge in [-0.2, -0.15) is 13.2 Å². The minimum atomic E-state index is -4.69. The SMILES string of the molecule is CC(C)(C)C(C[SiH3])(Oc1cc(Oc2c(Cl)cc(C(F)(F)F)cc2Cl)ccc1[N+](=O)[O-])C(=O)[O-]. The lowest BCUT2D eigenvalue weighted by molar-refractivity contribution is -0.386. The van der Waals surface area contributed by atoms with Crippen LogP contribution in [0.1, 0.15) is 26.3 Å². The maximum absolute atomic E-state index is 12.9. The monoisotopic (exact) mass is 524 g/mol. The quantitative estimate of drug-likeness (QED) is 0.302. The highest BCUT2D eigenvalue weighted by Crippen LogP contribution is 2.45. The predicted octanol–water partition coefficient (Wildman–Crippen LogP) is 4.41. The molecule has 180 valence electrons. The normalized spacial score (nSPS) is 13.9. The van der Waals surface area contributed by atoms with Crippen LogP contribution in [0.5, 0.6) is 17.2 Å². The molecule has 0 radical (unpaired) electrons. The van der Waals surface area contributed by atoms with Gasteiger partial charge in [-0.15, -0.1) is 0 Å². The third-order valence-corrected chi connectivity index (χ3v) is 6.55. The summed E-state index contributed by atoms with van der Waals surface area (Å²) in [5.74, 6) is -2.42. The lowest BCUT2D eigenvalue weighted by atomic mass is 9.77. The van der Waals surface area contributed by atoms with Gasteiger partial charge in [0.15, 0.2) is 11.4 Å². The van der Waals surface area contributed by atoms with Crippen LogP contribution in [0.15, 0.2) is 30.3 Å². The first kappa shape index (κ1) is 26.7. The van der Waals surface area contributed by atoms with Gasteiger partial charge >= 0.3 is 11.9 Å². The Morgan fingerprint density at radius 2 is 1.67 bits per heavy atom. The van der Waals surface area contributed by atoms with E-state index >= 15 is 0 Å². The summed E-state index contributed by atoms with van der Waals surface area (Å²) in [6, 6.07) is 4.49. The summed E-state index contributed by atoms with van der Waals surface area (Å²) in [7, 11) is 0.378. The zero-order valence-electron chi connectivity index (χ0n) is 17.9. The zero-order valence-corrected chi connectivity index (χ0v) is 21.4. The lowest BCUT2D eigenvalue weighted by Crippen LogP contribution is -2.60. The number of ether oxygens (including phenoxy) is 2. The molecule has 0 spiro atoms. The standard InChI is InChI=1S/C20H20Cl2F3NO6Si/c1-18(2,3)19(9-33,17(27)28)32-15-8-11(4-5-14(15)26(29)30)31-16-12(21)6-10(7-13(16)22)20(23,24)25/h4-8H,9H2,1-3,33H3,(H,27,28)/p-1. The number of carbonyl (C=O) groups excluding carboxylic acids is 1. The number of aliphatic carboxylic acids is 1. The maximum atomic E-state index is 12.9. The van der Waals surface area contributed by atoms with Crippen molar-refractivity contribution < 1.29 is 37.5 Å². The molecule has 0 aliphatic rings. The Hall–Kier alpha value is -2.50. The van der Waals surface area contributed by atoms with Crippen molar-refractivity contribution in [2.45, 2.75) is 38.6 Å². The van der Waals surface area contributed by atoms with Crippen LogP contribution >= 0.6 is 23.2 Å². The minimum absolute atomic E-state index is 0.0532. The molecule has 0 saturated carbocycles. The second-order valence-corrected chi connectivity index (χ2v) is 9.60. The Balaban J connectivity index is 2.57. The second-order valence-electron chi connectivity index (χ2n) is 8.08. The van der Waals surface area contributed by atoms with Gasteiger partial charge in [-0.1, -0.05) is 44.0 Å². The third-order valence-electron chi connectivity index (χ3n) is 5.00. The van der Waals surface area contributed by atoms with Crippen molar-refractivity contribution in [2.24, 2.45) is 5.41 Å². The number of nitrogens with zero attached hydrogens (tertiary/aromatic N) is 1. The Labute approximate surface area is 200 Å². The highest BCUT2D eigenvalue weighted by molar-refractivity contribution is 6.37. The van der Waals surface area contributed by atoms with E-state index in [0.717, 1.165) is 18.2 Å². The number of carbonyl (C=O) groups is 1. The van der Waals surface area contributed by atoms with Crippen LogP contribution in [0.2, 0.25) is 16.1 Å². The summed E-state index contributed by atoms with van der Waals surface area (Å²) in [6.07, 6.45) is -4.69. The number of nitro groups is 1. The largest absolute Gasteiger partial charge is 0.546 e. The highest BCUT2D eigenvalue weighted by atomic mass is 35.5. The molecule has 0 aromatic heterocycles. The molecule has 0 aliphatic heterocycles. The zero-order chi connectivity index (χ0) is 25.4. The summed E-state index contributed by atoms with van der Waals surface area (Å²) in [4.78, 5) is 22.8. The van der Waals surface area contributed by atoms with Crippen LogP contribution in [-0.2, 0) is 11.0 Å². The number of carboxylic acids is 1. The van der Waals surface area contributed by atoms with Gasteiger partial charge in [-0.3, -0.25) is 10.1 Å². The summed E-state index contributed by atoms with van der Waals surface area (Å²) in [6.45, 7) is 4.78. The van der Waals surface area contributed by atoms with Crippen molar-refractivity contribution >= 4 is 45.1 Å². The Kier molecular flexibility index (Phi) is 7.61. The van der Waals surface area contributed by atoms with Gasteiger partial charge in [-0.25, -0.2) is 0 Å². The highest BCUT2D eigenvalue weighted by Gasteiger charge is 2.45. The number of rotatable bonds is 7. The summed E-state index contributed by atoms with van der Waals surface area (Å²) in [5.41, 5.74) is -4.52. The first-order chi connectivity index (χ1) is 15.0. The van der Waals surface area contributed by atoms with Crippen molar-refractivity contribution in [3.8, 4) is 17.2 Å². The van der Waals surface area contributed by atoms with Crippen LogP contribution < -0.4 is 14.6 Å². The average Bonchev–Trinajstić information content (AvgIpc) is 2.66. The second kappa shape index (κ2) is 9.39. The number of carboxylic acid groups (broad SMARTS) is 1. The van der Waals surface area contributed by atoms with Gasteiger partial charge in [0.25, 0.3) is 0 Å². The van der Waals surface area contributed by atoms with E-state index in [1.807, 2.05) is 0 Å². The van der Waals surface area contributed by atoms with Crippen LogP contribution in [0, 0.1) is 15.5 Å². The van der Waals surface area contributed by atoms with E-state index in [0.29, 0.717) is 22.4 Å². The fraction of sp³-hybridized carbons (Fsp3) is 0.350. The van der Waals surface area contributed by atoms with E-state index in [4.69, 9.17) is 32.7 Å². The summed E-state index contributed by atoms with van der Waals surface area (Å²) >= 11 is 11.8. The fourth-order valence-electron chi connectivity index (χ4n) is 3.16. The van der Waals surface area contributed by atoms with E-state index < -0.39 is 55.1 Å². The molecule has 7 nitrogen and oxygen atoms in total. The van der Waals surface area contributed by atoms with Crippen LogP contribution in [0.3, 0.4) is 0 Å². The number of halogens is 5. The molecular weight excluding hydrogens is 506 g/mol. The van der Waals surface area contributed by atoms with E-state index in [9.17, 15) is 33.2 Å². The number of alkyl halides is 3. The molecule has 0 heterocycles.